The van der Waals surface area contributed by atoms with Crippen molar-refractivity contribution in [2.75, 3.05) is 13.4 Å². The molecule has 18 heavy (non-hydrogen) atoms. The van der Waals surface area contributed by atoms with Crippen molar-refractivity contribution in [2.24, 2.45) is 5.73 Å². The SMILES string of the molecule is COc1c(SC)cc(F)cc1C1(N)CCCCC1. The average Bonchev–Trinajstić information content (AvgIpc) is 2.38. The third-order valence-corrected chi connectivity index (χ3v) is 4.47. The van der Waals surface area contributed by atoms with E-state index in [4.69, 9.17) is 10.5 Å². The fourth-order valence-corrected chi connectivity index (χ4v) is 3.36. The van der Waals surface area contributed by atoms with Crippen LogP contribution in [0.15, 0.2) is 17.0 Å². The van der Waals surface area contributed by atoms with E-state index in [2.05, 4.69) is 0 Å². The molecule has 4 heteroatoms. The third kappa shape index (κ3) is 2.50. The van der Waals surface area contributed by atoms with Crippen molar-refractivity contribution in [3.8, 4) is 5.75 Å². The lowest BCUT2D eigenvalue weighted by molar-refractivity contribution is 0.285. The second-order valence-electron chi connectivity index (χ2n) is 4.91. The molecule has 1 fully saturated rings. The van der Waals surface area contributed by atoms with Crippen LogP contribution in [0.3, 0.4) is 0 Å². The molecule has 1 aliphatic rings. The molecule has 1 saturated carbocycles. The largest absolute Gasteiger partial charge is 0.495 e. The molecule has 2 N–H and O–H groups in total. The van der Waals surface area contributed by atoms with Crippen molar-refractivity contribution < 1.29 is 9.13 Å². The van der Waals surface area contributed by atoms with Crippen molar-refractivity contribution in [3.63, 3.8) is 0 Å². The summed E-state index contributed by atoms with van der Waals surface area (Å²) in [5.74, 6) is 0.513. The first-order valence-electron chi connectivity index (χ1n) is 6.31. The summed E-state index contributed by atoms with van der Waals surface area (Å²) >= 11 is 1.49. The number of hydrogen-bond donors (Lipinski definition) is 1. The van der Waals surface area contributed by atoms with Crippen LogP contribution >= 0.6 is 11.8 Å². The molecule has 1 aliphatic carbocycles. The molecule has 0 atom stereocenters. The van der Waals surface area contributed by atoms with Crippen LogP contribution in [0.2, 0.25) is 0 Å². The van der Waals surface area contributed by atoms with Gasteiger partial charge < -0.3 is 10.5 Å². The zero-order valence-corrected chi connectivity index (χ0v) is 11.8. The Bertz CT molecular complexity index is 430. The van der Waals surface area contributed by atoms with E-state index in [1.54, 1.807) is 13.2 Å². The van der Waals surface area contributed by atoms with Crippen molar-refractivity contribution in [3.05, 3.63) is 23.5 Å². The van der Waals surface area contributed by atoms with Crippen LogP contribution in [-0.2, 0) is 5.54 Å². The molecule has 0 radical (unpaired) electrons. The summed E-state index contributed by atoms with van der Waals surface area (Å²) in [6, 6.07) is 3.06. The summed E-state index contributed by atoms with van der Waals surface area (Å²) in [6.45, 7) is 0. The number of hydrogen-bond acceptors (Lipinski definition) is 3. The van der Waals surface area contributed by atoms with Crippen molar-refractivity contribution in [1.82, 2.24) is 0 Å². The molecule has 2 nitrogen and oxygen atoms in total. The van der Waals surface area contributed by atoms with Crippen LogP contribution < -0.4 is 10.5 Å². The summed E-state index contributed by atoms with van der Waals surface area (Å²) in [6.07, 6.45) is 7.15. The second-order valence-corrected chi connectivity index (χ2v) is 5.75. The van der Waals surface area contributed by atoms with Crippen LogP contribution in [0.4, 0.5) is 4.39 Å². The van der Waals surface area contributed by atoms with Gasteiger partial charge in [0.15, 0.2) is 0 Å². The van der Waals surface area contributed by atoms with Gasteiger partial charge in [0.25, 0.3) is 0 Å². The number of ether oxygens (including phenoxy) is 1. The lowest BCUT2D eigenvalue weighted by Gasteiger charge is -2.35. The van der Waals surface area contributed by atoms with Crippen LogP contribution in [0.5, 0.6) is 5.75 Å². The van der Waals surface area contributed by atoms with Gasteiger partial charge in [-0.25, -0.2) is 4.39 Å². The molecule has 0 spiro atoms. The van der Waals surface area contributed by atoms with Crippen LogP contribution in [0, 0.1) is 5.82 Å². The highest BCUT2D eigenvalue weighted by molar-refractivity contribution is 7.98. The van der Waals surface area contributed by atoms with E-state index in [1.165, 1.54) is 24.2 Å². The zero-order valence-electron chi connectivity index (χ0n) is 11.0. The minimum atomic E-state index is -0.434. The number of methoxy groups -OCH3 is 1. The number of benzene rings is 1. The van der Waals surface area contributed by atoms with Crippen molar-refractivity contribution in [2.45, 2.75) is 42.5 Å². The van der Waals surface area contributed by atoms with Crippen molar-refractivity contribution >= 4 is 11.8 Å². The molecular weight excluding hydrogens is 249 g/mol. The van der Waals surface area contributed by atoms with E-state index in [1.807, 2.05) is 6.26 Å². The van der Waals surface area contributed by atoms with Crippen LogP contribution in [-0.4, -0.2) is 13.4 Å². The normalized spacial score (nSPS) is 18.7. The van der Waals surface area contributed by atoms with Gasteiger partial charge in [0.2, 0.25) is 0 Å². The van der Waals surface area contributed by atoms with Crippen molar-refractivity contribution in [1.29, 1.82) is 0 Å². The summed E-state index contributed by atoms with van der Waals surface area (Å²) < 4.78 is 19.2. The number of nitrogens with two attached hydrogens (primary N) is 1. The number of thioether (sulfide) groups is 1. The molecule has 0 aliphatic heterocycles. The van der Waals surface area contributed by atoms with Gasteiger partial charge in [0, 0.05) is 11.1 Å². The monoisotopic (exact) mass is 269 g/mol. The van der Waals surface area contributed by atoms with E-state index in [0.717, 1.165) is 41.9 Å². The van der Waals surface area contributed by atoms with Gasteiger partial charge in [0.1, 0.15) is 11.6 Å². The standard InChI is InChI=1S/C14H20FNOS/c1-17-13-11(8-10(15)9-12(13)18-2)14(16)6-4-3-5-7-14/h8-9H,3-7,16H2,1-2H3. The quantitative estimate of drug-likeness (QED) is 0.850. The highest BCUT2D eigenvalue weighted by atomic mass is 32.2. The van der Waals surface area contributed by atoms with Gasteiger partial charge in [-0.1, -0.05) is 19.3 Å². The number of halogens is 1. The summed E-state index contributed by atoms with van der Waals surface area (Å²) in [7, 11) is 1.63. The van der Waals surface area contributed by atoms with E-state index < -0.39 is 5.54 Å². The maximum Gasteiger partial charge on any atom is 0.137 e. The molecule has 0 heterocycles. The predicted octanol–water partition coefficient (Wildman–Crippen LogP) is 3.67. The molecule has 0 bridgehead atoms. The number of rotatable bonds is 3. The Hall–Kier alpha value is -0.740. The smallest absolute Gasteiger partial charge is 0.137 e. The first kappa shape index (κ1) is 13.7. The van der Waals surface area contributed by atoms with E-state index in [-0.39, 0.29) is 5.82 Å². The highest BCUT2D eigenvalue weighted by Crippen LogP contribution is 2.43. The maximum atomic E-state index is 13.7. The second kappa shape index (κ2) is 5.49. The van der Waals surface area contributed by atoms with Gasteiger partial charge in [-0.05, 0) is 31.2 Å². The molecular formula is C14H20FNOS. The van der Waals surface area contributed by atoms with Crippen LogP contribution in [0.1, 0.15) is 37.7 Å². The molecule has 1 aromatic carbocycles. The predicted molar refractivity (Wildman–Crippen MR) is 73.7 cm³/mol. The maximum absolute atomic E-state index is 13.7. The van der Waals surface area contributed by atoms with E-state index in [0.29, 0.717) is 0 Å². The van der Waals surface area contributed by atoms with E-state index >= 15 is 0 Å². The molecule has 0 amide bonds. The Morgan fingerprint density at radius 2 is 1.94 bits per heavy atom. The van der Waals surface area contributed by atoms with Gasteiger partial charge in [-0.3, -0.25) is 0 Å². The molecule has 0 saturated heterocycles. The summed E-state index contributed by atoms with van der Waals surface area (Å²) in [5, 5.41) is 0. The molecule has 0 unspecified atom stereocenters. The van der Waals surface area contributed by atoms with Gasteiger partial charge in [-0.2, -0.15) is 0 Å². The highest BCUT2D eigenvalue weighted by Gasteiger charge is 2.33. The minimum Gasteiger partial charge on any atom is -0.495 e. The lowest BCUT2D eigenvalue weighted by atomic mass is 9.77. The molecule has 1 aromatic rings. The lowest BCUT2D eigenvalue weighted by Crippen LogP contribution is -2.39. The Labute approximate surface area is 112 Å². The van der Waals surface area contributed by atoms with Crippen LogP contribution in [0.25, 0.3) is 0 Å². The Balaban J connectivity index is 2.50. The summed E-state index contributed by atoms with van der Waals surface area (Å²) in [4.78, 5) is 0.822. The Kier molecular flexibility index (Phi) is 4.17. The average molecular weight is 269 g/mol. The first-order valence-corrected chi connectivity index (χ1v) is 7.54. The third-order valence-electron chi connectivity index (χ3n) is 3.73. The fraction of sp³-hybridized carbons (Fsp3) is 0.571. The van der Waals surface area contributed by atoms with Gasteiger partial charge >= 0.3 is 0 Å². The van der Waals surface area contributed by atoms with Gasteiger partial charge in [-0.15, -0.1) is 11.8 Å². The Morgan fingerprint density at radius 3 is 2.50 bits per heavy atom. The zero-order chi connectivity index (χ0) is 13.2. The first-order chi connectivity index (χ1) is 8.60. The molecule has 0 aromatic heterocycles. The van der Waals surface area contributed by atoms with Gasteiger partial charge in [0.05, 0.1) is 12.0 Å². The Morgan fingerprint density at radius 1 is 1.28 bits per heavy atom. The summed E-state index contributed by atoms with van der Waals surface area (Å²) in [5.41, 5.74) is 6.89. The molecule has 2 rings (SSSR count). The fourth-order valence-electron chi connectivity index (χ4n) is 2.75. The molecule has 100 valence electrons. The van der Waals surface area contributed by atoms with E-state index in [9.17, 15) is 4.39 Å². The minimum absolute atomic E-state index is 0.231. The topological polar surface area (TPSA) is 35.2 Å².